The first-order valence-electron chi connectivity index (χ1n) is 10.9. The Kier molecular flexibility index (Phi) is 5.64. The first-order valence-corrected chi connectivity index (χ1v) is 10.9. The summed E-state index contributed by atoms with van der Waals surface area (Å²) in [6.45, 7) is 7.33. The number of rotatable bonds is 5. The number of piperidine rings is 1. The Hall–Kier alpha value is -2.33. The smallest absolute Gasteiger partial charge is 0.239 e. The Morgan fingerprint density at radius 1 is 1.07 bits per heavy atom. The molecule has 0 radical (unpaired) electrons. The number of amides is 1. The molecular formula is C25H33N3O. The van der Waals surface area contributed by atoms with Crippen LogP contribution in [0.1, 0.15) is 44.2 Å². The fourth-order valence-electron chi connectivity index (χ4n) is 4.94. The maximum absolute atomic E-state index is 12.8. The molecule has 154 valence electrons. The number of hydrogen-bond acceptors (Lipinski definition) is 3. The highest BCUT2D eigenvalue weighted by atomic mass is 16.2. The van der Waals surface area contributed by atoms with Crippen LogP contribution >= 0.6 is 0 Å². The highest BCUT2D eigenvalue weighted by molar-refractivity contribution is 5.81. The van der Waals surface area contributed by atoms with Crippen molar-refractivity contribution in [3.8, 4) is 0 Å². The van der Waals surface area contributed by atoms with Crippen molar-refractivity contribution in [1.82, 2.24) is 4.90 Å². The van der Waals surface area contributed by atoms with E-state index in [2.05, 4.69) is 55.1 Å². The Morgan fingerprint density at radius 2 is 1.72 bits per heavy atom. The summed E-state index contributed by atoms with van der Waals surface area (Å²) in [7, 11) is 0. The van der Waals surface area contributed by atoms with Gasteiger partial charge in [-0.15, -0.1) is 0 Å². The van der Waals surface area contributed by atoms with Gasteiger partial charge < -0.3 is 15.5 Å². The molecule has 2 N–H and O–H groups in total. The average molecular weight is 392 g/mol. The molecule has 0 unspecified atom stereocenters. The summed E-state index contributed by atoms with van der Waals surface area (Å²) < 4.78 is 0. The molecule has 0 spiro atoms. The Balaban J connectivity index is 1.32. The van der Waals surface area contributed by atoms with E-state index in [1.165, 1.54) is 16.8 Å². The third-order valence-corrected chi connectivity index (χ3v) is 6.63. The topological polar surface area (TPSA) is 49.6 Å². The van der Waals surface area contributed by atoms with Crippen LogP contribution < -0.4 is 10.6 Å². The minimum atomic E-state index is -0.404. The first-order chi connectivity index (χ1) is 14.0. The van der Waals surface area contributed by atoms with Gasteiger partial charge >= 0.3 is 0 Å². The lowest BCUT2D eigenvalue weighted by Gasteiger charge is -2.39. The number of fused-ring (bicyclic) bond motifs is 1. The van der Waals surface area contributed by atoms with Crippen molar-refractivity contribution in [2.75, 3.05) is 24.5 Å². The van der Waals surface area contributed by atoms with Crippen LogP contribution in [0.15, 0.2) is 54.6 Å². The Labute approximate surface area is 174 Å². The van der Waals surface area contributed by atoms with E-state index in [0.717, 1.165) is 38.9 Å². The van der Waals surface area contributed by atoms with Gasteiger partial charge in [0.15, 0.2) is 0 Å². The van der Waals surface area contributed by atoms with Gasteiger partial charge in [0, 0.05) is 36.8 Å². The molecule has 0 aliphatic carbocycles. The maximum atomic E-state index is 12.8. The fraction of sp³-hybridized carbons (Fsp3) is 0.480. The number of carbonyl (C=O) groups is 1. The molecule has 2 heterocycles. The fourth-order valence-corrected chi connectivity index (χ4v) is 4.94. The second kappa shape index (κ2) is 8.19. The van der Waals surface area contributed by atoms with E-state index in [4.69, 9.17) is 5.73 Å². The number of para-hydroxylation sites is 1. The second-order valence-electron chi connectivity index (χ2n) is 9.22. The van der Waals surface area contributed by atoms with Crippen LogP contribution in [0.25, 0.3) is 0 Å². The van der Waals surface area contributed by atoms with Crippen molar-refractivity contribution in [3.05, 3.63) is 65.7 Å². The first kappa shape index (κ1) is 20.0. The van der Waals surface area contributed by atoms with Crippen molar-refractivity contribution in [3.63, 3.8) is 0 Å². The predicted molar refractivity (Wildman–Crippen MR) is 119 cm³/mol. The van der Waals surface area contributed by atoms with Gasteiger partial charge in [0.25, 0.3) is 0 Å². The van der Waals surface area contributed by atoms with Gasteiger partial charge in [-0.05, 0) is 42.9 Å². The molecule has 2 aromatic rings. The SMILES string of the molecule is CC1(C)CN(C2CCN(C(=O)[C@H](N)CCc3ccccc3)CC2)c2ccccc21. The van der Waals surface area contributed by atoms with E-state index < -0.39 is 6.04 Å². The van der Waals surface area contributed by atoms with E-state index in [1.54, 1.807) is 0 Å². The van der Waals surface area contributed by atoms with Crippen LogP contribution in [-0.4, -0.2) is 42.5 Å². The van der Waals surface area contributed by atoms with Gasteiger partial charge in [-0.25, -0.2) is 0 Å². The standard InChI is InChI=1S/C25H33N3O/c1-25(2)18-28(23-11-7-6-10-21(23)25)20-14-16-27(17-15-20)24(29)22(26)13-12-19-8-4-3-5-9-19/h3-11,20,22H,12-18,26H2,1-2H3/t22-/m1/s1. The monoisotopic (exact) mass is 391 g/mol. The molecule has 4 nitrogen and oxygen atoms in total. The number of benzene rings is 2. The molecule has 1 fully saturated rings. The summed E-state index contributed by atoms with van der Waals surface area (Å²) in [4.78, 5) is 17.4. The quantitative estimate of drug-likeness (QED) is 0.845. The highest BCUT2D eigenvalue weighted by Gasteiger charge is 2.39. The van der Waals surface area contributed by atoms with Crippen molar-refractivity contribution in [2.24, 2.45) is 5.73 Å². The molecule has 2 aliphatic heterocycles. The van der Waals surface area contributed by atoms with Gasteiger partial charge in [0.05, 0.1) is 6.04 Å². The van der Waals surface area contributed by atoms with Crippen molar-refractivity contribution >= 4 is 11.6 Å². The van der Waals surface area contributed by atoms with E-state index in [-0.39, 0.29) is 11.3 Å². The number of hydrogen-bond donors (Lipinski definition) is 1. The molecule has 29 heavy (non-hydrogen) atoms. The average Bonchev–Trinajstić information content (AvgIpc) is 3.03. The molecule has 4 heteroatoms. The number of anilines is 1. The summed E-state index contributed by atoms with van der Waals surface area (Å²) in [5, 5.41) is 0. The van der Waals surface area contributed by atoms with Crippen molar-refractivity contribution in [2.45, 2.75) is 57.0 Å². The van der Waals surface area contributed by atoms with Crippen LogP contribution in [0.3, 0.4) is 0 Å². The Bertz CT molecular complexity index is 840. The predicted octanol–water partition coefficient (Wildman–Crippen LogP) is 3.74. The number of likely N-dealkylation sites (tertiary alicyclic amines) is 1. The molecule has 0 aromatic heterocycles. The highest BCUT2D eigenvalue weighted by Crippen LogP contribution is 2.42. The van der Waals surface area contributed by atoms with Crippen LogP contribution in [0.5, 0.6) is 0 Å². The molecule has 1 amide bonds. The number of aryl methyl sites for hydroxylation is 1. The summed E-state index contributed by atoms with van der Waals surface area (Å²) in [6.07, 6.45) is 3.59. The number of nitrogens with two attached hydrogens (primary N) is 1. The largest absolute Gasteiger partial charge is 0.367 e. The zero-order valence-corrected chi connectivity index (χ0v) is 17.7. The summed E-state index contributed by atoms with van der Waals surface area (Å²) in [6, 6.07) is 19.2. The minimum Gasteiger partial charge on any atom is -0.367 e. The Morgan fingerprint density at radius 3 is 2.45 bits per heavy atom. The lowest BCUT2D eigenvalue weighted by atomic mass is 9.87. The van der Waals surface area contributed by atoms with Gasteiger partial charge in [-0.3, -0.25) is 4.79 Å². The van der Waals surface area contributed by atoms with Crippen molar-refractivity contribution in [1.29, 1.82) is 0 Å². The van der Waals surface area contributed by atoms with E-state index in [9.17, 15) is 4.79 Å². The normalized spacial score (nSPS) is 19.8. The van der Waals surface area contributed by atoms with Crippen LogP contribution in [0, 0.1) is 0 Å². The minimum absolute atomic E-state index is 0.113. The second-order valence-corrected chi connectivity index (χ2v) is 9.22. The van der Waals surface area contributed by atoms with Crippen molar-refractivity contribution < 1.29 is 4.79 Å². The van der Waals surface area contributed by atoms with Crippen LogP contribution in [-0.2, 0) is 16.6 Å². The molecule has 2 aromatic carbocycles. The van der Waals surface area contributed by atoms with Gasteiger partial charge in [0.1, 0.15) is 0 Å². The maximum Gasteiger partial charge on any atom is 0.239 e. The number of nitrogens with zero attached hydrogens (tertiary/aromatic N) is 2. The molecule has 0 saturated carbocycles. The third-order valence-electron chi connectivity index (χ3n) is 6.63. The zero-order valence-electron chi connectivity index (χ0n) is 17.7. The molecule has 4 rings (SSSR count). The van der Waals surface area contributed by atoms with E-state index >= 15 is 0 Å². The van der Waals surface area contributed by atoms with E-state index in [1.807, 2.05) is 23.1 Å². The number of carbonyl (C=O) groups excluding carboxylic acids is 1. The molecule has 0 bridgehead atoms. The van der Waals surface area contributed by atoms with Gasteiger partial charge in [0.2, 0.25) is 5.91 Å². The van der Waals surface area contributed by atoms with Crippen LogP contribution in [0.4, 0.5) is 5.69 Å². The summed E-state index contributed by atoms with van der Waals surface area (Å²) >= 11 is 0. The van der Waals surface area contributed by atoms with Gasteiger partial charge in [-0.1, -0.05) is 62.4 Å². The van der Waals surface area contributed by atoms with E-state index in [0.29, 0.717) is 12.5 Å². The van der Waals surface area contributed by atoms with Crippen LogP contribution in [0.2, 0.25) is 0 Å². The molecule has 1 atom stereocenters. The molecule has 2 aliphatic rings. The van der Waals surface area contributed by atoms with Gasteiger partial charge in [-0.2, -0.15) is 0 Å². The zero-order chi connectivity index (χ0) is 20.4. The lowest BCUT2D eigenvalue weighted by Crippen LogP contribution is -2.51. The lowest BCUT2D eigenvalue weighted by molar-refractivity contribution is -0.133. The summed E-state index contributed by atoms with van der Waals surface area (Å²) in [5.41, 5.74) is 10.5. The third kappa shape index (κ3) is 4.18. The molecular weight excluding hydrogens is 358 g/mol. The molecule has 1 saturated heterocycles. The summed E-state index contributed by atoms with van der Waals surface area (Å²) in [5.74, 6) is 0.113.